The van der Waals surface area contributed by atoms with Gasteiger partial charge < -0.3 is 20.5 Å². The molecule has 6 nitrogen and oxygen atoms in total. The Kier molecular flexibility index (Phi) is 7.23. The van der Waals surface area contributed by atoms with E-state index in [1.54, 1.807) is 24.3 Å². The lowest BCUT2D eigenvalue weighted by Gasteiger charge is -2.14. The third kappa shape index (κ3) is 6.75. The molecule has 114 valence electrons. The van der Waals surface area contributed by atoms with Crippen LogP contribution >= 0.6 is 0 Å². The Balaban J connectivity index is 2.27. The molecule has 1 aromatic rings. The fourth-order valence-electron chi connectivity index (χ4n) is 1.66. The Labute approximate surface area is 124 Å². The maximum absolute atomic E-state index is 11.4. The summed E-state index contributed by atoms with van der Waals surface area (Å²) in [5.74, 6) is 0.324. The number of amides is 1. The number of rotatable bonds is 8. The van der Waals surface area contributed by atoms with Gasteiger partial charge in [0.1, 0.15) is 24.5 Å². The molecular weight excluding hydrogens is 270 g/mol. The Morgan fingerprint density at radius 2 is 2.14 bits per heavy atom. The zero-order chi connectivity index (χ0) is 15.7. The fourth-order valence-corrected chi connectivity index (χ4v) is 1.66. The molecule has 0 bridgehead atoms. The van der Waals surface area contributed by atoms with Crippen molar-refractivity contribution < 1.29 is 14.6 Å². The number of aliphatic hydroxyl groups is 1. The number of aliphatic hydroxyl groups excluding tert-OH is 1. The van der Waals surface area contributed by atoms with Crippen molar-refractivity contribution in [1.82, 2.24) is 10.6 Å². The van der Waals surface area contributed by atoms with Gasteiger partial charge in [0.15, 0.2) is 0 Å². The summed E-state index contributed by atoms with van der Waals surface area (Å²) < 4.78 is 5.40. The molecule has 1 rings (SSSR count). The zero-order valence-corrected chi connectivity index (χ0v) is 12.3. The topological polar surface area (TPSA) is 94.4 Å². The molecule has 21 heavy (non-hydrogen) atoms. The molecule has 1 unspecified atom stereocenters. The van der Waals surface area contributed by atoms with Crippen molar-refractivity contribution in [2.24, 2.45) is 0 Å². The molecule has 0 aliphatic heterocycles. The number of nitrogens with zero attached hydrogens (tertiary/aromatic N) is 1. The smallest absolute Gasteiger partial charge is 0.234 e. The van der Waals surface area contributed by atoms with E-state index in [9.17, 15) is 9.90 Å². The molecule has 0 aromatic heterocycles. The maximum Gasteiger partial charge on any atom is 0.234 e. The first-order valence-corrected chi connectivity index (χ1v) is 6.83. The van der Waals surface area contributed by atoms with Crippen LogP contribution in [0.5, 0.6) is 5.75 Å². The van der Waals surface area contributed by atoms with Crippen LogP contribution in [-0.2, 0) is 4.79 Å². The lowest BCUT2D eigenvalue weighted by Crippen LogP contribution is -2.41. The summed E-state index contributed by atoms with van der Waals surface area (Å²) in [6.45, 7) is 4.20. The Morgan fingerprint density at radius 1 is 1.43 bits per heavy atom. The molecule has 3 N–H and O–H groups in total. The molecule has 1 atom stereocenters. The molecule has 0 radical (unpaired) electrons. The molecule has 0 aliphatic carbocycles. The van der Waals surface area contributed by atoms with E-state index in [2.05, 4.69) is 10.6 Å². The van der Waals surface area contributed by atoms with E-state index in [4.69, 9.17) is 10.00 Å². The second kappa shape index (κ2) is 8.95. The van der Waals surface area contributed by atoms with Crippen molar-refractivity contribution >= 4 is 5.91 Å². The van der Waals surface area contributed by atoms with Crippen molar-refractivity contribution in [2.75, 3.05) is 19.7 Å². The van der Waals surface area contributed by atoms with Crippen LogP contribution in [0, 0.1) is 11.3 Å². The van der Waals surface area contributed by atoms with E-state index in [0.717, 1.165) is 0 Å². The molecule has 1 aromatic carbocycles. The number of nitrogens with one attached hydrogen (secondary N) is 2. The second-order valence-corrected chi connectivity index (χ2v) is 4.93. The van der Waals surface area contributed by atoms with E-state index in [-0.39, 0.29) is 31.6 Å². The molecule has 0 fully saturated rings. The number of carbonyl (C=O) groups is 1. The van der Waals surface area contributed by atoms with Gasteiger partial charge in [0, 0.05) is 12.6 Å². The highest BCUT2D eigenvalue weighted by Crippen LogP contribution is 2.16. The van der Waals surface area contributed by atoms with Crippen LogP contribution in [0.1, 0.15) is 19.4 Å². The van der Waals surface area contributed by atoms with Crippen LogP contribution in [0.15, 0.2) is 24.3 Å². The van der Waals surface area contributed by atoms with Crippen LogP contribution in [0.4, 0.5) is 0 Å². The van der Waals surface area contributed by atoms with Crippen molar-refractivity contribution in [1.29, 1.82) is 5.26 Å². The predicted molar refractivity (Wildman–Crippen MR) is 78.8 cm³/mol. The normalized spacial score (nSPS) is 11.8. The second-order valence-electron chi connectivity index (χ2n) is 4.93. The van der Waals surface area contributed by atoms with Gasteiger partial charge in [-0.3, -0.25) is 4.79 Å². The summed E-state index contributed by atoms with van der Waals surface area (Å²) in [4.78, 5) is 11.4. The summed E-state index contributed by atoms with van der Waals surface area (Å²) in [7, 11) is 0. The number of hydrogen-bond donors (Lipinski definition) is 3. The summed E-state index contributed by atoms with van der Waals surface area (Å²) in [5.41, 5.74) is 0.425. The number of benzene rings is 1. The monoisotopic (exact) mass is 291 g/mol. The third-order valence-electron chi connectivity index (χ3n) is 2.55. The minimum Gasteiger partial charge on any atom is -0.489 e. The lowest BCUT2D eigenvalue weighted by atomic mass is 10.2. The highest BCUT2D eigenvalue weighted by molar-refractivity contribution is 5.78. The molecule has 0 spiro atoms. The largest absolute Gasteiger partial charge is 0.489 e. The van der Waals surface area contributed by atoms with Crippen LogP contribution in [-0.4, -0.2) is 42.9 Å². The number of hydrogen-bond acceptors (Lipinski definition) is 5. The minimum absolute atomic E-state index is 0.0531. The summed E-state index contributed by atoms with van der Waals surface area (Å²) in [6, 6.07) is 8.95. The highest BCUT2D eigenvalue weighted by Gasteiger charge is 2.09. The van der Waals surface area contributed by atoms with Gasteiger partial charge in [0.25, 0.3) is 0 Å². The van der Waals surface area contributed by atoms with E-state index < -0.39 is 6.10 Å². The third-order valence-corrected chi connectivity index (χ3v) is 2.55. The SMILES string of the molecule is CC(C)NC(=O)CNCC(O)COc1ccccc1C#N. The van der Waals surface area contributed by atoms with Crippen molar-refractivity contribution in [3.05, 3.63) is 29.8 Å². The molecular formula is C15H21N3O3. The summed E-state index contributed by atoms with van der Waals surface area (Å²) in [5, 5.41) is 24.3. The first-order chi connectivity index (χ1) is 10.0. The number of ether oxygens (including phenoxy) is 1. The predicted octanol–water partition coefficient (Wildman–Crippen LogP) is 0.412. The van der Waals surface area contributed by atoms with Crippen LogP contribution in [0.2, 0.25) is 0 Å². The van der Waals surface area contributed by atoms with E-state index in [0.29, 0.717) is 11.3 Å². The summed E-state index contributed by atoms with van der Waals surface area (Å²) in [6.07, 6.45) is -0.761. The molecule has 1 amide bonds. The number of carbonyl (C=O) groups excluding carboxylic acids is 1. The maximum atomic E-state index is 11.4. The molecule has 0 aliphatic rings. The average Bonchev–Trinajstić information content (AvgIpc) is 2.44. The van der Waals surface area contributed by atoms with Crippen LogP contribution < -0.4 is 15.4 Å². The van der Waals surface area contributed by atoms with E-state index >= 15 is 0 Å². The van der Waals surface area contributed by atoms with Gasteiger partial charge in [0.05, 0.1) is 12.1 Å². The van der Waals surface area contributed by atoms with Crippen molar-refractivity contribution in [3.63, 3.8) is 0 Å². The van der Waals surface area contributed by atoms with Crippen molar-refractivity contribution in [2.45, 2.75) is 26.0 Å². The summed E-state index contributed by atoms with van der Waals surface area (Å²) >= 11 is 0. The number of nitriles is 1. The van der Waals surface area contributed by atoms with E-state index in [1.165, 1.54) is 0 Å². The van der Waals surface area contributed by atoms with Crippen molar-refractivity contribution in [3.8, 4) is 11.8 Å². The average molecular weight is 291 g/mol. The van der Waals surface area contributed by atoms with Crippen LogP contribution in [0.3, 0.4) is 0 Å². The molecule has 0 saturated heterocycles. The molecule has 0 saturated carbocycles. The zero-order valence-electron chi connectivity index (χ0n) is 12.3. The van der Waals surface area contributed by atoms with Gasteiger partial charge in [-0.1, -0.05) is 12.1 Å². The van der Waals surface area contributed by atoms with Crippen LogP contribution in [0.25, 0.3) is 0 Å². The van der Waals surface area contributed by atoms with E-state index in [1.807, 2.05) is 19.9 Å². The van der Waals surface area contributed by atoms with Gasteiger partial charge in [0.2, 0.25) is 5.91 Å². The molecule has 0 heterocycles. The Morgan fingerprint density at radius 3 is 2.81 bits per heavy atom. The van der Waals surface area contributed by atoms with Gasteiger partial charge >= 0.3 is 0 Å². The number of para-hydroxylation sites is 1. The highest BCUT2D eigenvalue weighted by atomic mass is 16.5. The van der Waals surface area contributed by atoms with Gasteiger partial charge in [-0.2, -0.15) is 5.26 Å². The Bertz CT molecular complexity index is 497. The van der Waals surface area contributed by atoms with Gasteiger partial charge in [-0.05, 0) is 26.0 Å². The Hall–Kier alpha value is -2.10. The minimum atomic E-state index is -0.761. The van der Waals surface area contributed by atoms with Gasteiger partial charge in [-0.15, -0.1) is 0 Å². The quantitative estimate of drug-likeness (QED) is 0.645. The van der Waals surface area contributed by atoms with Gasteiger partial charge in [-0.25, -0.2) is 0 Å². The fraction of sp³-hybridized carbons (Fsp3) is 0.467. The lowest BCUT2D eigenvalue weighted by molar-refractivity contribution is -0.120. The standard InChI is InChI=1S/C15H21N3O3/c1-11(2)18-15(20)9-17-8-13(19)10-21-14-6-4-3-5-12(14)7-16/h3-6,11,13,17,19H,8-10H2,1-2H3,(H,18,20). The molecule has 6 heteroatoms. The first kappa shape index (κ1) is 17.0. The first-order valence-electron chi connectivity index (χ1n) is 6.83.